The molecule has 0 bridgehead atoms. The average molecular weight is 289 g/mol. The van der Waals surface area contributed by atoms with Crippen LogP contribution >= 0.6 is 23.4 Å². The third-order valence-corrected chi connectivity index (χ3v) is 3.69. The summed E-state index contributed by atoms with van der Waals surface area (Å²) < 4.78 is 5.56. The SMILES string of the molecule is CCCNc1nc(Cl)nc(SCC2CCCO2)n1. The number of aromatic nitrogens is 3. The number of anilines is 1. The number of thioether (sulfide) groups is 1. The van der Waals surface area contributed by atoms with E-state index in [1.807, 2.05) is 0 Å². The van der Waals surface area contributed by atoms with Gasteiger partial charge in [-0.15, -0.1) is 0 Å². The lowest BCUT2D eigenvalue weighted by Gasteiger charge is -2.08. The minimum absolute atomic E-state index is 0.235. The lowest BCUT2D eigenvalue weighted by Crippen LogP contribution is -2.10. The zero-order valence-electron chi connectivity index (χ0n) is 10.4. The maximum atomic E-state index is 5.88. The van der Waals surface area contributed by atoms with Gasteiger partial charge in [0, 0.05) is 18.9 Å². The standard InChI is InChI=1S/C11H17ClN4OS/c1-2-5-13-10-14-9(12)15-11(16-10)18-7-8-4-3-6-17-8/h8H,2-7H2,1H3,(H,13,14,15,16). The second-order valence-electron chi connectivity index (χ2n) is 4.08. The molecule has 0 aromatic carbocycles. The molecule has 0 saturated carbocycles. The number of hydrogen-bond donors (Lipinski definition) is 1. The molecule has 0 radical (unpaired) electrons. The van der Waals surface area contributed by atoms with Crippen LogP contribution in [-0.4, -0.2) is 40.0 Å². The first kappa shape index (κ1) is 13.8. The van der Waals surface area contributed by atoms with Gasteiger partial charge in [0.1, 0.15) is 0 Å². The third kappa shape index (κ3) is 4.26. The second-order valence-corrected chi connectivity index (χ2v) is 5.41. The number of nitrogens with one attached hydrogen (secondary N) is 1. The van der Waals surface area contributed by atoms with E-state index in [4.69, 9.17) is 16.3 Å². The topological polar surface area (TPSA) is 59.9 Å². The normalized spacial score (nSPS) is 19.1. The van der Waals surface area contributed by atoms with Crippen LogP contribution in [0.25, 0.3) is 0 Å². The smallest absolute Gasteiger partial charge is 0.228 e. The number of hydrogen-bond acceptors (Lipinski definition) is 6. The van der Waals surface area contributed by atoms with Crippen molar-refractivity contribution in [3.8, 4) is 0 Å². The Bertz CT molecular complexity index is 387. The zero-order chi connectivity index (χ0) is 12.8. The van der Waals surface area contributed by atoms with Crippen LogP contribution in [0, 0.1) is 0 Å². The highest BCUT2D eigenvalue weighted by Gasteiger charge is 2.16. The van der Waals surface area contributed by atoms with Crippen molar-refractivity contribution in [3.63, 3.8) is 0 Å². The molecule has 2 heterocycles. The van der Waals surface area contributed by atoms with Crippen molar-refractivity contribution < 1.29 is 4.74 Å². The predicted molar refractivity (Wildman–Crippen MR) is 73.3 cm³/mol. The molecular weight excluding hydrogens is 272 g/mol. The molecule has 0 spiro atoms. The molecule has 1 saturated heterocycles. The monoisotopic (exact) mass is 288 g/mol. The van der Waals surface area contributed by atoms with Gasteiger partial charge in [0.2, 0.25) is 11.2 Å². The average Bonchev–Trinajstić information content (AvgIpc) is 2.86. The predicted octanol–water partition coefficient (Wildman–Crippen LogP) is 2.62. The van der Waals surface area contributed by atoms with E-state index in [1.165, 1.54) is 0 Å². The van der Waals surface area contributed by atoms with Gasteiger partial charge in [-0.05, 0) is 30.9 Å². The molecule has 0 amide bonds. The van der Waals surface area contributed by atoms with Crippen LogP contribution in [0.15, 0.2) is 5.16 Å². The van der Waals surface area contributed by atoms with Crippen molar-refractivity contribution >= 4 is 29.3 Å². The van der Waals surface area contributed by atoms with Gasteiger partial charge in [-0.2, -0.15) is 15.0 Å². The van der Waals surface area contributed by atoms with E-state index in [0.29, 0.717) is 17.2 Å². The summed E-state index contributed by atoms with van der Waals surface area (Å²) in [4.78, 5) is 12.5. The number of rotatable bonds is 6. The largest absolute Gasteiger partial charge is 0.377 e. The highest BCUT2D eigenvalue weighted by Crippen LogP contribution is 2.22. The molecule has 7 heteroatoms. The Morgan fingerprint density at radius 1 is 1.44 bits per heavy atom. The van der Waals surface area contributed by atoms with Crippen molar-refractivity contribution in [1.82, 2.24) is 15.0 Å². The fourth-order valence-electron chi connectivity index (χ4n) is 1.66. The molecule has 1 aliphatic rings. The van der Waals surface area contributed by atoms with E-state index >= 15 is 0 Å². The second kappa shape index (κ2) is 7.11. The minimum Gasteiger partial charge on any atom is -0.377 e. The first-order chi connectivity index (χ1) is 8.78. The van der Waals surface area contributed by atoms with Gasteiger partial charge in [0.15, 0.2) is 5.16 Å². The maximum Gasteiger partial charge on any atom is 0.228 e. The Morgan fingerprint density at radius 3 is 3.06 bits per heavy atom. The van der Waals surface area contributed by atoms with Crippen LogP contribution in [-0.2, 0) is 4.74 Å². The molecular formula is C11H17ClN4OS. The molecule has 1 unspecified atom stereocenters. The lowest BCUT2D eigenvalue weighted by atomic mass is 10.3. The molecule has 5 nitrogen and oxygen atoms in total. The van der Waals surface area contributed by atoms with E-state index < -0.39 is 0 Å². The number of nitrogens with zero attached hydrogens (tertiary/aromatic N) is 3. The summed E-state index contributed by atoms with van der Waals surface area (Å²) in [6.07, 6.45) is 3.60. The van der Waals surface area contributed by atoms with Gasteiger partial charge >= 0.3 is 0 Å². The van der Waals surface area contributed by atoms with E-state index in [0.717, 1.165) is 38.2 Å². The molecule has 2 rings (SSSR count). The van der Waals surface area contributed by atoms with Gasteiger partial charge in [-0.3, -0.25) is 0 Å². The van der Waals surface area contributed by atoms with E-state index in [-0.39, 0.29) is 5.28 Å². The first-order valence-electron chi connectivity index (χ1n) is 6.17. The van der Waals surface area contributed by atoms with Gasteiger partial charge in [0.25, 0.3) is 0 Å². The Morgan fingerprint density at radius 2 is 2.33 bits per heavy atom. The summed E-state index contributed by atoms with van der Waals surface area (Å²) in [7, 11) is 0. The summed E-state index contributed by atoms with van der Waals surface area (Å²) >= 11 is 7.45. The van der Waals surface area contributed by atoms with Crippen molar-refractivity contribution in [1.29, 1.82) is 0 Å². The van der Waals surface area contributed by atoms with Crippen LogP contribution in [0.1, 0.15) is 26.2 Å². The summed E-state index contributed by atoms with van der Waals surface area (Å²) in [5, 5.41) is 4.00. The molecule has 100 valence electrons. The Hall–Kier alpha value is -0.590. The van der Waals surface area contributed by atoms with Gasteiger partial charge in [-0.25, -0.2) is 0 Å². The summed E-state index contributed by atoms with van der Waals surface area (Å²) in [6.45, 7) is 3.78. The molecule has 1 aliphatic heterocycles. The molecule has 1 fully saturated rings. The summed E-state index contributed by atoms with van der Waals surface area (Å²) in [6, 6.07) is 0. The van der Waals surface area contributed by atoms with Crippen molar-refractivity contribution in [2.45, 2.75) is 37.4 Å². The van der Waals surface area contributed by atoms with Crippen LogP contribution in [0.5, 0.6) is 0 Å². The third-order valence-electron chi connectivity index (χ3n) is 2.54. The highest BCUT2D eigenvalue weighted by molar-refractivity contribution is 7.99. The minimum atomic E-state index is 0.235. The van der Waals surface area contributed by atoms with Crippen LogP contribution in [0.2, 0.25) is 5.28 Å². The summed E-state index contributed by atoms with van der Waals surface area (Å²) in [5.41, 5.74) is 0. The quantitative estimate of drug-likeness (QED) is 0.812. The molecule has 18 heavy (non-hydrogen) atoms. The molecule has 1 atom stereocenters. The Kier molecular flexibility index (Phi) is 5.46. The van der Waals surface area contributed by atoms with Crippen molar-refractivity contribution in [3.05, 3.63) is 5.28 Å². The first-order valence-corrected chi connectivity index (χ1v) is 7.54. The molecule has 1 aromatic rings. The molecule has 0 aliphatic carbocycles. The molecule has 1 N–H and O–H groups in total. The van der Waals surface area contributed by atoms with E-state index in [2.05, 4.69) is 27.2 Å². The Balaban J connectivity index is 1.91. The van der Waals surface area contributed by atoms with Crippen LogP contribution < -0.4 is 5.32 Å². The van der Waals surface area contributed by atoms with Gasteiger partial charge in [-0.1, -0.05) is 18.7 Å². The van der Waals surface area contributed by atoms with E-state index in [1.54, 1.807) is 11.8 Å². The maximum absolute atomic E-state index is 5.88. The van der Waals surface area contributed by atoms with Gasteiger partial charge < -0.3 is 10.1 Å². The highest BCUT2D eigenvalue weighted by atomic mass is 35.5. The fraction of sp³-hybridized carbons (Fsp3) is 0.727. The zero-order valence-corrected chi connectivity index (χ0v) is 11.9. The van der Waals surface area contributed by atoms with E-state index in [9.17, 15) is 0 Å². The van der Waals surface area contributed by atoms with Gasteiger partial charge in [0.05, 0.1) is 6.10 Å². The van der Waals surface area contributed by atoms with Crippen molar-refractivity contribution in [2.75, 3.05) is 24.2 Å². The Labute approximate surface area is 116 Å². The number of ether oxygens (including phenoxy) is 1. The lowest BCUT2D eigenvalue weighted by molar-refractivity contribution is 0.129. The molecule has 1 aromatic heterocycles. The fourth-order valence-corrected chi connectivity index (χ4v) is 2.77. The van der Waals surface area contributed by atoms with Crippen molar-refractivity contribution in [2.24, 2.45) is 0 Å². The van der Waals surface area contributed by atoms with Crippen LogP contribution in [0.3, 0.4) is 0 Å². The number of halogens is 1. The summed E-state index contributed by atoms with van der Waals surface area (Å²) in [5.74, 6) is 1.42. The van der Waals surface area contributed by atoms with Crippen LogP contribution in [0.4, 0.5) is 5.95 Å².